The smallest absolute Gasteiger partial charge is 0.338 e. The molecule has 0 saturated carbocycles. The number of carbonyl (C=O) groups is 1. The summed E-state index contributed by atoms with van der Waals surface area (Å²) in [5.74, 6) is -0.320. The molecule has 0 aromatic heterocycles. The van der Waals surface area contributed by atoms with Gasteiger partial charge < -0.3 is 15.4 Å². The molecule has 0 bridgehead atoms. The Balaban J connectivity index is 1.91. The predicted molar refractivity (Wildman–Crippen MR) is 106 cm³/mol. The van der Waals surface area contributed by atoms with Gasteiger partial charge >= 0.3 is 5.97 Å². The van der Waals surface area contributed by atoms with E-state index in [1.165, 1.54) is 11.1 Å². The SMILES string of the molecule is CCOC(=O)c1ccc(NC(=S)NC(C)c2ccc(CC)cc2)cc1. The van der Waals surface area contributed by atoms with Gasteiger partial charge in [-0.25, -0.2) is 4.79 Å². The Hall–Kier alpha value is -2.40. The molecule has 2 aromatic carbocycles. The molecular weight excluding hydrogens is 332 g/mol. The zero-order valence-electron chi connectivity index (χ0n) is 14.8. The third-order valence-electron chi connectivity index (χ3n) is 3.89. The highest BCUT2D eigenvalue weighted by Crippen LogP contribution is 2.15. The van der Waals surface area contributed by atoms with E-state index < -0.39 is 0 Å². The molecule has 0 saturated heterocycles. The standard InChI is InChI=1S/C20H24N2O2S/c1-4-15-6-8-16(9-7-15)14(3)21-20(25)22-18-12-10-17(11-13-18)19(23)24-5-2/h6-14H,4-5H2,1-3H3,(H2,21,22,25). The van der Waals surface area contributed by atoms with Crippen molar-refractivity contribution >= 4 is 29.0 Å². The average Bonchev–Trinajstić information content (AvgIpc) is 2.62. The highest BCUT2D eigenvalue weighted by atomic mass is 32.1. The third kappa shape index (κ3) is 5.57. The first-order valence-electron chi connectivity index (χ1n) is 8.47. The normalized spacial score (nSPS) is 11.5. The van der Waals surface area contributed by atoms with Crippen LogP contribution in [0, 0.1) is 0 Å². The molecule has 0 amide bonds. The molecule has 0 spiro atoms. The predicted octanol–water partition coefficient (Wildman–Crippen LogP) is 4.47. The summed E-state index contributed by atoms with van der Waals surface area (Å²) in [6.07, 6.45) is 1.03. The summed E-state index contributed by atoms with van der Waals surface area (Å²) in [6.45, 7) is 6.36. The molecule has 4 nitrogen and oxygen atoms in total. The maximum Gasteiger partial charge on any atom is 0.338 e. The molecule has 25 heavy (non-hydrogen) atoms. The van der Waals surface area contributed by atoms with Crippen molar-refractivity contribution < 1.29 is 9.53 Å². The number of anilines is 1. The first-order chi connectivity index (χ1) is 12.0. The number of hydrogen-bond acceptors (Lipinski definition) is 3. The Labute approximate surface area is 154 Å². The molecule has 2 rings (SSSR count). The van der Waals surface area contributed by atoms with Gasteiger partial charge in [0, 0.05) is 5.69 Å². The molecule has 2 N–H and O–H groups in total. The van der Waals surface area contributed by atoms with Crippen molar-refractivity contribution in [3.05, 3.63) is 65.2 Å². The van der Waals surface area contributed by atoms with Crippen molar-refractivity contribution in [1.82, 2.24) is 5.32 Å². The molecule has 1 unspecified atom stereocenters. The van der Waals surface area contributed by atoms with Crippen LogP contribution in [0.1, 0.15) is 48.3 Å². The molecule has 132 valence electrons. The number of hydrogen-bond donors (Lipinski definition) is 2. The molecular formula is C20H24N2O2S. The molecule has 0 aliphatic rings. The van der Waals surface area contributed by atoms with Gasteiger partial charge in [-0.05, 0) is 67.9 Å². The van der Waals surface area contributed by atoms with Crippen LogP contribution in [-0.2, 0) is 11.2 Å². The first kappa shape index (κ1) is 18.9. The van der Waals surface area contributed by atoms with Crippen LogP contribution >= 0.6 is 12.2 Å². The zero-order valence-corrected chi connectivity index (χ0v) is 15.7. The fourth-order valence-corrected chi connectivity index (χ4v) is 2.69. The lowest BCUT2D eigenvalue weighted by atomic mass is 10.1. The Kier molecular flexibility index (Phi) is 6.95. The Bertz CT molecular complexity index is 711. The topological polar surface area (TPSA) is 50.4 Å². The number of nitrogens with one attached hydrogen (secondary N) is 2. The molecule has 0 aliphatic carbocycles. The van der Waals surface area contributed by atoms with Crippen LogP contribution in [0.5, 0.6) is 0 Å². The number of ether oxygens (including phenoxy) is 1. The number of carbonyl (C=O) groups excluding carboxylic acids is 1. The van der Waals surface area contributed by atoms with Crippen LogP contribution in [0.25, 0.3) is 0 Å². The van der Waals surface area contributed by atoms with Gasteiger partial charge in [-0.2, -0.15) is 0 Å². The quantitative estimate of drug-likeness (QED) is 0.591. The van der Waals surface area contributed by atoms with E-state index in [9.17, 15) is 4.79 Å². The van der Waals surface area contributed by atoms with Gasteiger partial charge in [0.2, 0.25) is 0 Å². The van der Waals surface area contributed by atoms with Gasteiger partial charge in [-0.15, -0.1) is 0 Å². The van der Waals surface area contributed by atoms with Crippen molar-refractivity contribution in [2.24, 2.45) is 0 Å². The van der Waals surface area contributed by atoms with Gasteiger partial charge in [0.1, 0.15) is 0 Å². The lowest BCUT2D eigenvalue weighted by molar-refractivity contribution is 0.0526. The largest absolute Gasteiger partial charge is 0.462 e. The third-order valence-corrected chi connectivity index (χ3v) is 4.11. The van der Waals surface area contributed by atoms with Gasteiger partial charge in [-0.1, -0.05) is 31.2 Å². The summed E-state index contributed by atoms with van der Waals surface area (Å²) in [7, 11) is 0. The van der Waals surface area contributed by atoms with Gasteiger partial charge in [-0.3, -0.25) is 0 Å². The van der Waals surface area contributed by atoms with Gasteiger partial charge in [0.15, 0.2) is 5.11 Å². The highest BCUT2D eigenvalue weighted by molar-refractivity contribution is 7.80. The highest BCUT2D eigenvalue weighted by Gasteiger charge is 2.09. The van der Waals surface area contributed by atoms with E-state index in [2.05, 4.69) is 48.7 Å². The van der Waals surface area contributed by atoms with Crippen molar-refractivity contribution in [3.8, 4) is 0 Å². The van der Waals surface area contributed by atoms with Crippen molar-refractivity contribution in [3.63, 3.8) is 0 Å². The second-order valence-corrected chi connectivity index (χ2v) is 6.12. The van der Waals surface area contributed by atoms with E-state index in [1.807, 2.05) is 0 Å². The van der Waals surface area contributed by atoms with E-state index in [-0.39, 0.29) is 12.0 Å². The van der Waals surface area contributed by atoms with E-state index in [0.29, 0.717) is 17.3 Å². The summed E-state index contributed by atoms with van der Waals surface area (Å²) < 4.78 is 4.97. The fraction of sp³-hybridized carbons (Fsp3) is 0.300. The maximum atomic E-state index is 11.6. The van der Waals surface area contributed by atoms with Gasteiger partial charge in [0.25, 0.3) is 0 Å². The number of thiocarbonyl (C=S) groups is 1. The summed E-state index contributed by atoms with van der Waals surface area (Å²) in [5, 5.41) is 6.94. The van der Waals surface area contributed by atoms with Crippen LogP contribution in [-0.4, -0.2) is 17.7 Å². The maximum absolute atomic E-state index is 11.6. The summed E-state index contributed by atoms with van der Waals surface area (Å²) in [6, 6.07) is 15.7. The van der Waals surface area contributed by atoms with Crippen LogP contribution in [0.4, 0.5) is 5.69 Å². The van der Waals surface area contributed by atoms with Crippen molar-refractivity contribution in [2.75, 3.05) is 11.9 Å². The molecule has 0 heterocycles. The summed E-state index contributed by atoms with van der Waals surface area (Å²) >= 11 is 5.37. The number of aryl methyl sites for hydroxylation is 1. The molecule has 5 heteroatoms. The zero-order chi connectivity index (χ0) is 18.2. The lowest BCUT2D eigenvalue weighted by Gasteiger charge is -2.18. The molecule has 1 atom stereocenters. The monoisotopic (exact) mass is 356 g/mol. The van der Waals surface area contributed by atoms with E-state index in [0.717, 1.165) is 12.1 Å². The Morgan fingerprint density at radius 3 is 2.28 bits per heavy atom. The minimum atomic E-state index is -0.320. The Morgan fingerprint density at radius 1 is 1.08 bits per heavy atom. The van der Waals surface area contributed by atoms with Crippen LogP contribution in [0.2, 0.25) is 0 Å². The number of esters is 1. The first-order valence-corrected chi connectivity index (χ1v) is 8.87. The van der Waals surface area contributed by atoms with E-state index in [1.54, 1.807) is 31.2 Å². The Morgan fingerprint density at radius 2 is 1.72 bits per heavy atom. The second-order valence-electron chi connectivity index (χ2n) is 5.71. The van der Waals surface area contributed by atoms with E-state index in [4.69, 9.17) is 17.0 Å². The van der Waals surface area contributed by atoms with Gasteiger partial charge in [0.05, 0.1) is 18.2 Å². The van der Waals surface area contributed by atoms with Crippen molar-refractivity contribution in [1.29, 1.82) is 0 Å². The minimum Gasteiger partial charge on any atom is -0.462 e. The van der Waals surface area contributed by atoms with Crippen molar-refractivity contribution in [2.45, 2.75) is 33.2 Å². The molecule has 0 radical (unpaired) electrons. The molecule has 2 aromatic rings. The van der Waals surface area contributed by atoms with Crippen LogP contribution < -0.4 is 10.6 Å². The molecule has 0 aliphatic heterocycles. The van der Waals surface area contributed by atoms with E-state index >= 15 is 0 Å². The van der Waals surface area contributed by atoms with Crippen LogP contribution in [0.15, 0.2) is 48.5 Å². The number of rotatable bonds is 6. The minimum absolute atomic E-state index is 0.102. The lowest BCUT2D eigenvalue weighted by Crippen LogP contribution is -2.30. The van der Waals surface area contributed by atoms with Crippen LogP contribution in [0.3, 0.4) is 0 Å². The fourth-order valence-electron chi connectivity index (χ4n) is 2.39. The summed E-state index contributed by atoms with van der Waals surface area (Å²) in [4.78, 5) is 11.6. The number of benzene rings is 2. The second kappa shape index (κ2) is 9.18. The summed E-state index contributed by atoms with van der Waals surface area (Å²) in [5.41, 5.74) is 3.84. The molecule has 0 fully saturated rings. The average molecular weight is 356 g/mol.